The molecule has 0 fully saturated rings. The molecule has 0 heterocycles. The van der Waals surface area contributed by atoms with Gasteiger partial charge in [-0.3, -0.25) is 0 Å². The van der Waals surface area contributed by atoms with Crippen LogP contribution in [-0.2, 0) is 9.59 Å². The average molecular weight is 166 g/mol. The zero-order valence-corrected chi connectivity index (χ0v) is 4.76. The molecule has 62 valence electrons. The summed E-state index contributed by atoms with van der Waals surface area (Å²) in [6.45, 7) is 0. The summed E-state index contributed by atoms with van der Waals surface area (Å²) in [6.07, 6.45) is -4.53. The Kier molecular flexibility index (Phi) is 11.5. The number of carbonyl (C=O) groups is 2. The molecule has 0 spiro atoms. The van der Waals surface area contributed by atoms with Crippen molar-refractivity contribution in [2.24, 2.45) is 0 Å². The van der Waals surface area contributed by atoms with Crippen LogP contribution in [0.1, 0.15) is 0 Å². The first-order chi connectivity index (χ1) is 4.46. The van der Waals surface area contributed by atoms with Gasteiger partial charge in [0.2, 0.25) is 0 Å². The Morgan fingerprint density at radius 2 is 1.00 bits per heavy atom. The van der Waals surface area contributed by atoms with Crippen molar-refractivity contribution in [2.45, 2.75) is 12.2 Å². The van der Waals surface area contributed by atoms with Crippen LogP contribution in [0.25, 0.3) is 0 Å². The maximum atomic E-state index is 9.77. The van der Waals surface area contributed by atoms with Gasteiger partial charge in [0.15, 0.2) is 12.2 Å². The molecular formula is C4H8Li2O6. The number of carboxylic acid groups (broad SMARTS) is 2. The van der Waals surface area contributed by atoms with Crippen LogP contribution in [0.15, 0.2) is 0 Å². The molecule has 2 unspecified atom stereocenters. The molecule has 0 saturated heterocycles. The molecular weight excluding hydrogens is 158 g/mol. The normalized spacial score (nSPS) is 13.2. The summed E-state index contributed by atoms with van der Waals surface area (Å²) < 4.78 is 0. The van der Waals surface area contributed by atoms with E-state index in [2.05, 4.69) is 0 Å². The Bertz CT molecular complexity index is 142. The Morgan fingerprint density at radius 1 is 0.833 bits per heavy atom. The topological polar surface area (TPSA) is 115 Å². The third-order valence-corrected chi connectivity index (χ3v) is 0.805. The van der Waals surface area contributed by atoms with Gasteiger partial charge in [0.25, 0.3) is 0 Å². The van der Waals surface area contributed by atoms with Gasteiger partial charge in [-0.2, -0.15) is 0 Å². The van der Waals surface area contributed by atoms with Gasteiger partial charge in [-0.1, -0.05) is 0 Å². The predicted octanol–water partition coefficient (Wildman–Crippen LogP) is -3.42. The SMILES string of the molecule is O=C(O)C(O)C(O)C(=O)O.[LiH].[LiH]. The standard InChI is InChI=1S/C4H6O6.2Li.2H/c5-1(3(7)8)2(6)4(9)10;;;;/h1-2,5-6H,(H,7,8)(H,9,10);;;;. The summed E-state index contributed by atoms with van der Waals surface area (Å²) in [7, 11) is 0. The first-order valence-corrected chi connectivity index (χ1v) is 2.28. The van der Waals surface area contributed by atoms with Crippen LogP contribution in [-0.4, -0.2) is 82.3 Å². The van der Waals surface area contributed by atoms with Crippen molar-refractivity contribution in [3.8, 4) is 0 Å². The van der Waals surface area contributed by atoms with Crippen molar-refractivity contribution in [3.63, 3.8) is 0 Å². The van der Waals surface area contributed by atoms with Crippen molar-refractivity contribution in [1.29, 1.82) is 0 Å². The Balaban J connectivity index is -0.000000405. The molecule has 0 aromatic heterocycles. The second-order valence-corrected chi connectivity index (χ2v) is 1.57. The van der Waals surface area contributed by atoms with E-state index in [0.29, 0.717) is 0 Å². The molecule has 0 aromatic rings. The number of rotatable bonds is 3. The van der Waals surface area contributed by atoms with Gasteiger partial charge in [-0.05, 0) is 0 Å². The third-order valence-electron chi connectivity index (χ3n) is 0.805. The molecule has 0 amide bonds. The van der Waals surface area contributed by atoms with Crippen LogP contribution >= 0.6 is 0 Å². The van der Waals surface area contributed by atoms with Crippen molar-refractivity contribution >= 4 is 49.7 Å². The summed E-state index contributed by atoms with van der Waals surface area (Å²) in [6, 6.07) is 0. The second kappa shape index (κ2) is 7.69. The summed E-state index contributed by atoms with van der Waals surface area (Å²) in [5.41, 5.74) is 0. The van der Waals surface area contributed by atoms with Crippen LogP contribution in [0.3, 0.4) is 0 Å². The van der Waals surface area contributed by atoms with Crippen molar-refractivity contribution < 1.29 is 30.0 Å². The van der Waals surface area contributed by atoms with E-state index in [4.69, 9.17) is 20.4 Å². The second-order valence-electron chi connectivity index (χ2n) is 1.57. The molecule has 0 aliphatic rings. The molecule has 2 atom stereocenters. The summed E-state index contributed by atoms with van der Waals surface area (Å²) in [5, 5.41) is 32.5. The molecule has 8 heteroatoms. The van der Waals surface area contributed by atoms with Gasteiger partial charge in [-0.25, -0.2) is 9.59 Å². The molecule has 0 radical (unpaired) electrons. The summed E-state index contributed by atoms with van der Waals surface area (Å²) in [4.78, 5) is 19.5. The molecule has 0 aromatic carbocycles. The molecule has 0 bridgehead atoms. The molecule has 6 nitrogen and oxygen atoms in total. The summed E-state index contributed by atoms with van der Waals surface area (Å²) >= 11 is 0. The van der Waals surface area contributed by atoms with Crippen molar-refractivity contribution in [2.75, 3.05) is 0 Å². The Labute approximate surface area is 91.9 Å². The fourth-order valence-electron chi connectivity index (χ4n) is 0.270. The van der Waals surface area contributed by atoms with Gasteiger partial charge < -0.3 is 20.4 Å². The zero-order valence-electron chi connectivity index (χ0n) is 4.76. The fraction of sp³-hybridized carbons (Fsp3) is 0.500. The quantitative estimate of drug-likeness (QED) is 0.324. The number of aliphatic hydroxyl groups excluding tert-OH is 2. The van der Waals surface area contributed by atoms with Gasteiger partial charge in [-0.15, -0.1) is 0 Å². The van der Waals surface area contributed by atoms with E-state index in [-0.39, 0.29) is 37.7 Å². The van der Waals surface area contributed by atoms with Gasteiger partial charge in [0, 0.05) is 0 Å². The zero-order chi connectivity index (χ0) is 8.31. The monoisotopic (exact) mass is 166 g/mol. The number of aliphatic hydroxyl groups is 2. The molecule has 0 rings (SSSR count). The molecule has 4 N–H and O–H groups in total. The first kappa shape index (κ1) is 18.0. The number of carboxylic acids is 2. The van der Waals surface area contributed by atoms with Crippen molar-refractivity contribution in [3.05, 3.63) is 0 Å². The van der Waals surface area contributed by atoms with Gasteiger partial charge in [0.1, 0.15) is 0 Å². The fourth-order valence-corrected chi connectivity index (χ4v) is 0.270. The van der Waals surface area contributed by atoms with Gasteiger partial charge in [0.05, 0.1) is 0 Å². The predicted molar refractivity (Wildman–Crippen MR) is 41.6 cm³/mol. The van der Waals surface area contributed by atoms with Crippen LogP contribution in [0.4, 0.5) is 0 Å². The van der Waals surface area contributed by atoms with Crippen LogP contribution < -0.4 is 0 Å². The van der Waals surface area contributed by atoms with E-state index in [1.807, 2.05) is 0 Å². The third kappa shape index (κ3) is 5.67. The number of hydrogen-bond acceptors (Lipinski definition) is 4. The van der Waals surface area contributed by atoms with Gasteiger partial charge >= 0.3 is 49.7 Å². The Morgan fingerprint density at radius 3 is 1.08 bits per heavy atom. The first-order valence-electron chi connectivity index (χ1n) is 2.28. The van der Waals surface area contributed by atoms with E-state index in [9.17, 15) is 9.59 Å². The van der Waals surface area contributed by atoms with Crippen LogP contribution in [0.2, 0.25) is 0 Å². The maximum absolute atomic E-state index is 9.77. The molecule has 0 aliphatic carbocycles. The Hall–Kier alpha value is 0.0548. The minimum atomic E-state index is -2.27. The van der Waals surface area contributed by atoms with E-state index in [1.54, 1.807) is 0 Å². The summed E-state index contributed by atoms with van der Waals surface area (Å²) in [5.74, 6) is -3.54. The van der Waals surface area contributed by atoms with E-state index >= 15 is 0 Å². The minimum absolute atomic E-state index is 0. The van der Waals surface area contributed by atoms with E-state index < -0.39 is 24.1 Å². The molecule has 0 saturated carbocycles. The van der Waals surface area contributed by atoms with Crippen molar-refractivity contribution in [1.82, 2.24) is 0 Å². The van der Waals surface area contributed by atoms with Crippen LogP contribution in [0.5, 0.6) is 0 Å². The van der Waals surface area contributed by atoms with E-state index in [1.165, 1.54) is 0 Å². The number of aliphatic carboxylic acids is 2. The molecule has 0 aliphatic heterocycles. The average Bonchev–Trinajstić information content (AvgIpc) is 1.84. The number of hydrogen-bond donors (Lipinski definition) is 4. The van der Waals surface area contributed by atoms with Crippen LogP contribution in [0, 0.1) is 0 Å². The molecule has 12 heavy (non-hydrogen) atoms. The van der Waals surface area contributed by atoms with E-state index in [0.717, 1.165) is 0 Å².